The minimum absolute atomic E-state index is 0.00944. The van der Waals surface area contributed by atoms with Gasteiger partial charge in [-0.05, 0) is 6.07 Å². The quantitative estimate of drug-likeness (QED) is 0.528. The van der Waals surface area contributed by atoms with Crippen molar-refractivity contribution in [1.82, 2.24) is 4.98 Å². The minimum atomic E-state index is -1.35. The number of carbonyl (C=O) groups is 1. The maximum absolute atomic E-state index is 11.6. The van der Waals surface area contributed by atoms with E-state index in [1.165, 1.54) is 0 Å². The van der Waals surface area contributed by atoms with E-state index in [0.717, 1.165) is 18.3 Å². The van der Waals surface area contributed by atoms with Gasteiger partial charge >= 0.3 is 5.97 Å². The van der Waals surface area contributed by atoms with E-state index < -0.39 is 22.7 Å². The molecule has 0 saturated carbocycles. The van der Waals surface area contributed by atoms with Crippen molar-refractivity contribution < 1.29 is 20.1 Å². The molecule has 0 radical (unpaired) electrons. The number of aromatic amines is 1. The number of nitrogens with one attached hydrogen (secondary N) is 1. The van der Waals surface area contributed by atoms with Crippen LogP contribution in [0.15, 0.2) is 23.1 Å². The number of hydrogen-bond acceptors (Lipinski definition) is 4. The Morgan fingerprint density at radius 3 is 2.44 bits per heavy atom. The van der Waals surface area contributed by atoms with Crippen molar-refractivity contribution in [1.29, 1.82) is 0 Å². The van der Waals surface area contributed by atoms with Crippen molar-refractivity contribution >= 4 is 16.9 Å². The van der Waals surface area contributed by atoms with Gasteiger partial charge in [0.2, 0.25) is 5.43 Å². The third kappa shape index (κ3) is 1.36. The fraction of sp³-hybridized carbons (Fsp3) is 0. The number of rotatable bonds is 1. The number of phenolic OH excluding ortho intramolecular Hbond substituents is 2. The van der Waals surface area contributed by atoms with E-state index in [0.29, 0.717) is 0 Å². The number of phenols is 2. The summed E-state index contributed by atoms with van der Waals surface area (Å²) in [6, 6.07) is 2.17. The van der Waals surface area contributed by atoms with Gasteiger partial charge in [0.25, 0.3) is 0 Å². The van der Waals surface area contributed by atoms with E-state index in [4.69, 9.17) is 5.11 Å². The number of aromatic hydroxyl groups is 2. The zero-order valence-corrected chi connectivity index (χ0v) is 7.89. The Morgan fingerprint density at radius 2 is 1.81 bits per heavy atom. The molecule has 0 aliphatic carbocycles. The van der Waals surface area contributed by atoms with Gasteiger partial charge < -0.3 is 20.3 Å². The number of carboxylic acid groups (broad SMARTS) is 1. The second-order valence-electron chi connectivity index (χ2n) is 3.22. The van der Waals surface area contributed by atoms with Crippen LogP contribution in [0.4, 0.5) is 0 Å². The van der Waals surface area contributed by atoms with Gasteiger partial charge in [-0.2, -0.15) is 0 Å². The standard InChI is InChI=1S/C10H7NO5/c12-7-1-4-6(2-8(7)13)11-3-5(9(4)14)10(15)16/h1-3,12-13H,(H,11,14)(H,15,16). The van der Waals surface area contributed by atoms with E-state index in [1.807, 2.05) is 0 Å². The summed E-state index contributed by atoms with van der Waals surface area (Å²) in [6.45, 7) is 0. The van der Waals surface area contributed by atoms with Crippen LogP contribution in [0.1, 0.15) is 10.4 Å². The molecule has 1 aromatic carbocycles. The smallest absolute Gasteiger partial charge is 0.341 e. The average Bonchev–Trinajstić information content (AvgIpc) is 2.21. The van der Waals surface area contributed by atoms with E-state index in [-0.39, 0.29) is 16.7 Å². The molecule has 1 heterocycles. The number of aromatic carboxylic acids is 1. The summed E-state index contributed by atoms with van der Waals surface area (Å²) >= 11 is 0. The second-order valence-corrected chi connectivity index (χ2v) is 3.22. The van der Waals surface area contributed by atoms with Gasteiger partial charge in [-0.1, -0.05) is 0 Å². The molecule has 0 spiro atoms. The molecule has 4 N–H and O–H groups in total. The lowest BCUT2D eigenvalue weighted by atomic mass is 10.1. The topological polar surface area (TPSA) is 111 Å². The van der Waals surface area contributed by atoms with Crippen LogP contribution in [-0.2, 0) is 0 Å². The number of pyridine rings is 1. The van der Waals surface area contributed by atoms with Crippen LogP contribution in [0, 0.1) is 0 Å². The van der Waals surface area contributed by atoms with Crippen LogP contribution in [0.3, 0.4) is 0 Å². The van der Waals surface area contributed by atoms with Gasteiger partial charge in [0, 0.05) is 12.3 Å². The fourth-order valence-corrected chi connectivity index (χ4v) is 1.40. The number of H-pyrrole nitrogens is 1. The third-order valence-electron chi connectivity index (χ3n) is 2.21. The fourth-order valence-electron chi connectivity index (χ4n) is 1.40. The Bertz CT molecular complexity index is 643. The average molecular weight is 221 g/mol. The summed E-state index contributed by atoms with van der Waals surface area (Å²) in [5, 5.41) is 27.1. The first-order valence-electron chi connectivity index (χ1n) is 4.31. The van der Waals surface area contributed by atoms with Gasteiger partial charge in [-0.25, -0.2) is 4.79 Å². The lowest BCUT2D eigenvalue weighted by molar-refractivity contribution is 0.0695. The maximum atomic E-state index is 11.6. The van der Waals surface area contributed by atoms with Gasteiger partial charge in [0.1, 0.15) is 5.56 Å². The number of hydrogen-bond donors (Lipinski definition) is 4. The van der Waals surface area contributed by atoms with Crippen LogP contribution >= 0.6 is 0 Å². The van der Waals surface area contributed by atoms with Crippen LogP contribution < -0.4 is 5.43 Å². The molecule has 0 unspecified atom stereocenters. The first-order chi connectivity index (χ1) is 7.50. The Morgan fingerprint density at radius 1 is 1.19 bits per heavy atom. The molecule has 0 fully saturated rings. The second kappa shape index (κ2) is 3.27. The molecule has 0 atom stereocenters. The van der Waals surface area contributed by atoms with Crippen molar-refractivity contribution in [3.8, 4) is 11.5 Å². The van der Waals surface area contributed by atoms with Crippen molar-refractivity contribution in [2.24, 2.45) is 0 Å². The van der Waals surface area contributed by atoms with Crippen molar-refractivity contribution in [3.05, 3.63) is 34.1 Å². The molecule has 0 aliphatic rings. The summed E-state index contributed by atoms with van der Waals surface area (Å²) in [4.78, 5) is 24.9. The van der Waals surface area contributed by atoms with Gasteiger partial charge in [0.15, 0.2) is 11.5 Å². The van der Waals surface area contributed by atoms with E-state index in [1.54, 1.807) is 0 Å². The predicted octanol–water partition coefficient (Wildman–Crippen LogP) is 0.637. The van der Waals surface area contributed by atoms with Crippen molar-refractivity contribution in [2.75, 3.05) is 0 Å². The Kier molecular flexibility index (Phi) is 2.05. The van der Waals surface area contributed by atoms with E-state index in [9.17, 15) is 19.8 Å². The van der Waals surface area contributed by atoms with Crippen molar-refractivity contribution in [2.45, 2.75) is 0 Å². The lowest BCUT2D eigenvalue weighted by Gasteiger charge is -2.02. The van der Waals surface area contributed by atoms with Crippen molar-refractivity contribution in [3.63, 3.8) is 0 Å². The Balaban J connectivity index is 2.90. The Labute approximate surface area is 88.4 Å². The van der Waals surface area contributed by atoms with Crippen LogP contribution in [0.25, 0.3) is 10.9 Å². The summed E-state index contributed by atoms with van der Waals surface area (Å²) in [5.41, 5.74) is -0.876. The minimum Gasteiger partial charge on any atom is -0.504 e. The number of carboxylic acids is 1. The van der Waals surface area contributed by atoms with E-state index in [2.05, 4.69) is 4.98 Å². The highest BCUT2D eigenvalue weighted by Gasteiger charge is 2.13. The first-order valence-corrected chi connectivity index (χ1v) is 4.31. The van der Waals surface area contributed by atoms with Gasteiger partial charge in [-0.15, -0.1) is 0 Å². The largest absolute Gasteiger partial charge is 0.504 e. The summed E-state index contributed by atoms with van der Waals surface area (Å²) in [6.07, 6.45) is 1.05. The molecule has 1 aromatic heterocycles. The molecule has 0 aliphatic heterocycles. The molecule has 2 rings (SSSR count). The Hall–Kier alpha value is -2.50. The predicted molar refractivity (Wildman–Crippen MR) is 54.9 cm³/mol. The normalized spacial score (nSPS) is 10.5. The number of aromatic nitrogens is 1. The lowest BCUT2D eigenvalue weighted by Crippen LogP contribution is -2.15. The number of fused-ring (bicyclic) bond motifs is 1. The summed E-state index contributed by atoms with van der Waals surface area (Å²) in [5.74, 6) is -2.21. The molecule has 0 bridgehead atoms. The highest BCUT2D eigenvalue weighted by atomic mass is 16.4. The summed E-state index contributed by atoms with van der Waals surface area (Å²) < 4.78 is 0. The molecular weight excluding hydrogens is 214 g/mol. The highest BCUT2D eigenvalue weighted by Crippen LogP contribution is 2.27. The summed E-state index contributed by atoms with van der Waals surface area (Å²) in [7, 11) is 0. The molecule has 2 aromatic rings. The molecule has 6 heteroatoms. The SMILES string of the molecule is O=C(O)c1c[nH]c2cc(O)c(O)cc2c1=O. The zero-order chi connectivity index (χ0) is 11.9. The first kappa shape index (κ1) is 10.0. The molecule has 82 valence electrons. The molecule has 0 amide bonds. The van der Waals surface area contributed by atoms with Gasteiger partial charge in [-0.3, -0.25) is 4.79 Å². The third-order valence-corrected chi connectivity index (χ3v) is 2.21. The van der Waals surface area contributed by atoms with Gasteiger partial charge in [0.05, 0.1) is 10.9 Å². The van der Waals surface area contributed by atoms with Crippen LogP contribution in [0.2, 0.25) is 0 Å². The molecule has 0 saturated heterocycles. The molecule has 16 heavy (non-hydrogen) atoms. The molecule has 6 nitrogen and oxygen atoms in total. The van der Waals surface area contributed by atoms with Crippen LogP contribution in [-0.4, -0.2) is 26.3 Å². The van der Waals surface area contributed by atoms with Crippen LogP contribution in [0.5, 0.6) is 11.5 Å². The molecular formula is C10H7NO5. The number of benzene rings is 1. The maximum Gasteiger partial charge on any atom is 0.341 e. The van der Waals surface area contributed by atoms with E-state index >= 15 is 0 Å². The monoisotopic (exact) mass is 221 g/mol. The highest BCUT2D eigenvalue weighted by molar-refractivity contribution is 5.93. The zero-order valence-electron chi connectivity index (χ0n) is 7.89.